The molecule has 0 N–H and O–H groups in total. The van der Waals surface area contributed by atoms with Crippen molar-refractivity contribution in [3.8, 4) is 0 Å². The molecule has 3 atom stereocenters. The number of piperidine rings is 1. The van der Waals surface area contributed by atoms with Crippen molar-refractivity contribution in [3.63, 3.8) is 0 Å². The van der Waals surface area contributed by atoms with Crippen molar-refractivity contribution in [1.82, 2.24) is 9.96 Å². The second kappa shape index (κ2) is 5.54. The number of nitrogens with zero attached hydrogens (tertiary/aromatic N) is 2. The van der Waals surface area contributed by atoms with Crippen LogP contribution < -0.4 is 0 Å². The van der Waals surface area contributed by atoms with Gasteiger partial charge in [-0.2, -0.15) is 5.06 Å². The Hall–Kier alpha value is -1.40. The maximum Gasteiger partial charge on any atom is 0.345 e. The molecule has 2 amide bonds. The van der Waals surface area contributed by atoms with Crippen molar-refractivity contribution in [2.75, 3.05) is 12.8 Å². The molecule has 2 aliphatic heterocycles. The van der Waals surface area contributed by atoms with Crippen LogP contribution in [0.25, 0.3) is 0 Å². The van der Waals surface area contributed by atoms with E-state index in [1.54, 1.807) is 11.2 Å². The molecule has 3 rings (SSSR count). The molecule has 0 aliphatic carbocycles. The van der Waals surface area contributed by atoms with Crippen LogP contribution in [0.4, 0.5) is 4.79 Å². The Bertz CT molecular complexity index is 522. The molecule has 0 aromatic heterocycles. The summed E-state index contributed by atoms with van der Waals surface area (Å²) in [5.41, 5.74) is 1.03. The molecular weight excluding hydrogens is 276 g/mol. The number of fused-ring (bicyclic) bond motifs is 2. The number of amides is 2. The number of benzene rings is 1. The summed E-state index contributed by atoms with van der Waals surface area (Å²) in [6.07, 6.45) is 3.29. The van der Waals surface area contributed by atoms with Crippen LogP contribution in [-0.2, 0) is 22.2 Å². The summed E-state index contributed by atoms with van der Waals surface area (Å²) >= 11 is 0. The average Bonchev–Trinajstić information content (AvgIpc) is 2.70. The van der Waals surface area contributed by atoms with Crippen molar-refractivity contribution in [2.24, 2.45) is 0 Å². The number of hydrogen-bond acceptors (Lipinski definition) is 3. The van der Waals surface area contributed by atoms with E-state index in [0.29, 0.717) is 13.2 Å². The first-order valence-electron chi connectivity index (χ1n) is 6.75. The van der Waals surface area contributed by atoms with Gasteiger partial charge in [0.05, 0.1) is 6.04 Å². The van der Waals surface area contributed by atoms with E-state index in [-0.39, 0.29) is 17.4 Å². The zero-order valence-corrected chi connectivity index (χ0v) is 12.2. The molecule has 2 fully saturated rings. The highest BCUT2D eigenvalue weighted by Crippen LogP contribution is 2.31. The maximum atomic E-state index is 12.3. The first-order chi connectivity index (χ1) is 9.66. The lowest BCUT2D eigenvalue weighted by Gasteiger charge is -2.28. The molecule has 20 heavy (non-hydrogen) atoms. The predicted octanol–water partition coefficient (Wildman–Crippen LogP) is 1.72. The van der Waals surface area contributed by atoms with Crippen molar-refractivity contribution in [1.29, 1.82) is 0 Å². The van der Waals surface area contributed by atoms with Crippen LogP contribution in [-0.4, -0.2) is 44.4 Å². The number of carbonyl (C=O) groups is 1. The Morgan fingerprint density at radius 1 is 1.30 bits per heavy atom. The first kappa shape index (κ1) is 13.6. The Labute approximate surface area is 120 Å². The quantitative estimate of drug-likeness (QED) is 0.849. The average molecular weight is 294 g/mol. The van der Waals surface area contributed by atoms with E-state index in [4.69, 9.17) is 4.84 Å². The topological polar surface area (TPSA) is 49.9 Å². The summed E-state index contributed by atoms with van der Waals surface area (Å²) in [6, 6.07) is 9.72. The van der Waals surface area contributed by atoms with Crippen LogP contribution in [0.15, 0.2) is 30.3 Å². The third-order valence-electron chi connectivity index (χ3n) is 3.86. The van der Waals surface area contributed by atoms with Crippen LogP contribution in [0, 0.1) is 0 Å². The van der Waals surface area contributed by atoms with Gasteiger partial charge in [0.2, 0.25) is 0 Å². The van der Waals surface area contributed by atoms with E-state index < -0.39 is 10.8 Å². The highest BCUT2D eigenvalue weighted by molar-refractivity contribution is 7.84. The van der Waals surface area contributed by atoms with Crippen LogP contribution in [0.1, 0.15) is 18.4 Å². The SMILES string of the molecule is C[S@@](=O)C1CC[C@@H]2CN1C(=O)N2OCc1ccccc1. The van der Waals surface area contributed by atoms with Gasteiger partial charge in [0.25, 0.3) is 0 Å². The standard InChI is InChI=1S/C14H18N2O3S/c1-20(18)13-8-7-12-9-15(13)14(17)16(12)19-10-11-5-3-2-4-6-11/h2-6,12-13H,7-10H2,1H3/t12-,13?,20-/m1/s1. The summed E-state index contributed by atoms with van der Waals surface area (Å²) in [6.45, 7) is 1.01. The molecule has 0 spiro atoms. The monoisotopic (exact) mass is 294 g/mol. The molecule has 0 saturated carbocycles. The van der Waals surface area contributed by atoms with E-state index in [0.717, 1.165) is 18.4 Å². The Morgan fingerprint density at radius 3 is 2.75 bits per heavy atom. The molecule has 2 heterocycles. The zero-order chi connectivity index (χ0) is 14.1. The fourth-order valence-corrected chi connectivity index (χ4v) is 3.83. The van der Waals surface area contributed by atoms with Gasteiger partial charge in [0, 0.05) is 23.6 Å². The van der Waals surface area contributed by atoms with E-state index >= 15 is 0 Å². The van der Waals surface area contributed by atoms with Gasteiger partial charge in [-0.15, -0.1) is 0 Å². The lowest BCUT2D eigenvalue weighted by molar-refractivity contribution is -0.140. The van der Waals surface area contributed by atoms with Gasteiger partial charge in [-0.3, -0.25) is 9.05 Å². The van der Waals surface area contributed by atoms with Gasteiger partial charge in [0.1, 0.15) is 12.0 Å². The number of urea groups is 1. The molecule has 5 nitrogen and oxygen atoms in total. The van der Waals surface area contributed by atoms with E-state index in [1.165, 1.54) is 5.06 Å². The second-order valence-corrected chi connectivity index (χ2v) is 6.75. The zero-order valence-electron chi connectivity index (χ0n) is 11.4. The molecule has 2 saturated heterocycles. The van der Waals surface area contributed by atoms with Crippen molar-refractivity contribution in [2.45, 2.75) is 30.9 Å². The Kier molecular flexibility index (Phi) is 3.76. The lowest BCUT2D eigenvalue weighted by atomic mass is 10.1. The van der Waals surface area contributed by atoms with Gasteiger partial charge in [0.15, 0.2) is 0 Å². The highest BCUT2D eigenvalue weighted by atomic mass is 32.2. The largest absolute Gasteiger partial charge is 0.345 e. The third-order valence-corrected chi connectivity index (χ3v) is 5.12. The Morgan fingerprint density at radius 2 is 2.05 bits per heavy atom. The van der Waals surface area contributed by atoms with Gasteiger partial charge in [-0.1, -0.05) is 30.3 Å². The van der Waals surface area contributed by atoms with Crippen LogP contribution in [0.5, 0.6) is 0 Å². The number of rotatable bonds is 4. The van der Waals surface area contributed by atoms with Crippen LogP contribution >= 0.6 is 0 Å². The van der Waals surface area contributed by atoms with Crippen molar-refractivity contribution >= 4 is 16.8 Å². The molecule has 1 aromatic carbocycles. The molecule has 2 aliphatic rings. The van der Waals surface area contributed by atoms with E-state index in [9.17, 15) is 9.00 Å². The molecular formula is C14H18N2O3S. The van der Waals surface area contributed by atoms with E-state index in [2.05, 4.69) is 0 Å². The van der Waals surface area contributed by atoms with Crippen molar-refractivity contribution in [3.05, 3.63) is 35.9 Å². The van der Waals surface area contributed by atoms with Gasteiger partial charge in [-0.05, 0) is 18.4 Å². The smallest absolute Gasteiger partial charge is 0.306 e. The first-order valence-corrected chi connectivity index (χ1v) is 8.38. The molecule has 108 valence electrons. The Balaban J connectivity index is 1.67. The third kappa shape index (κ3) is 2.45. The summed E-state index contributed by atoms with van der Waals surface area (Å²) < 4.78 is 11.7. The molecule has 1 aromatic rings. The molecule has 0 radical (unpaired) electrons. The molecule has 1 unspecified atom stereocenters. The number of carbonyl (C=O) groups excluding carboxylic acids is 1. The molecule has 2 bridgehead atoms. The lowest BCUT2D eigenvalue weighted by Crippen LogP contribution is -2.42. The van der Waals surface area contributed by atoms with Crippen LogP contribution in [0.2, 0.25) is 0 Å². The second-order valence-electron chi connectivity index (χ2n) is 5.20. The maximum absolute atomic E-state index is 12.3. The van der Waals surface area contributed by atoms with E-state index in [1.807, 2.05) is 30.3 Å². The minimum absolute atomic E-state index is 0.0889. The minimum Gasteiger partial charge on any atom is -0.306 e. The normalized spacial score (nSPS) is 26.9. The number of hydroxylamine groups is 2. The summed E-state index contributed by atoms with van der Waals surface area (Å²) in [7, 11) is -1.01. The molecule has 6 heteroatoms. The fraction of sp³-hybridized carbons (Fsp3) is 0.500. The summed E-state index contributed by atoms with van der Waals surface area (Å²) in [5.74, 6) is 0. The van der Waals surface area contributed by atoms with Crippen LogP contribution in [0.3, 0.4) is 0 Å². The minimum atomic E-state index is -1.01. The summed E-state index contributed by atoms with van der Waals surface area (Å²) in [4.78, 5) is 19.7. The van der Waals surface area contributed by atoms with Gasteiger partial charge in [-0.25, -0.2) is 4.79 Å². The van der Waals surface area contributed by atoms with Gasteiger partial charge < -0.3 is 4.90 Å². The fourth-order valence-electron chi connectivity index (χ4n) is 2.83. The summed E-state index contributed by atoms with van der Waals surface area (Å²) in [5, 5.41) is 1.31. The predicted molar refractivity (Wildman–Crippen MR) is 76.0 cm³/mol. The van der Waals surface area contributed by atoms with Gasteiger partial charge >= 0.3 is 6.03 Å². The van der Waals surface area contributed by atoms with Crippen molar-refractivity contribution < 1.29 is 13.8 Å². The highest BCUT2D eigenvalue weighted by Gasteiger charge is 2.46. The number of hydrogen-bond donors (Lipinski definition) is 0.